The molecule has 1 heterocycles. The molecule has 0 spiro atoms. The number of hydrogen-bond donors (Lipinski definition) is 1. The number of benzene rings is 1. The van der Waals surface area contributed by atoms with E-state index >= 15 is 0 Å². The third-order valence-corrected chi connectivity index (χ3v) is 3.09. The standard InChI is InChI=1S/C17H22O4/c1-2-19-12-13-20-17-11-9-15(18)16(21-17)10-8-14-6-4-3-5-7-14/h3-11,15-18H,2,12-13H2,1H3/b10-8+/t15-,16+,17?/m1/s1. The zero-order chi connectivity index (χ0) is 14.9. The highest BCUT2D eigenvalue weighted by Gasteiger charge is 2.23. The van der Waals surface area contributed by atoms with Gasteiger partial charge in [0, 0.05) is 6.61 Å². The van der Waals surface area contributed by atoms with Gasteiger partial charge in [0.2, 0.25) is 0 Å². The van der Waals surface area contributed by atoms with E-state index in [0.717, 1.165) is 5.56 Å². The van der Waals surface area contributed by atoms with E-state index in [-0.39, 0.29) is 0 Å². The van der Waals surface area contributed by atoms with Crippen molar-refractivity contribution >= 4 is 6.08 Å². The average Bonchev–Trinajstić information content (AvgIpc) is 2.53. The van der Waals surface area contributed by atoms with E-state index in [1.807, 2.05) is 49.4 Å². The van der Waals surface area contributed by atoms with Crippen molar-refractivity contribution in [3.05, 3.63) is 54.1 Å². The fraction of sp³-hybridized carbons (Fsp3) is 0.412. The van der Waals surface area contributed by atoms with Crippen molar-refractivity contribution < 1.29 is 19.3 Å². The van der Waals surface area contributed by atoms with Crippen molar-refractivity contribution in [2.24, 2.45) is 0 Å². The monoisotopic (exact) mass is 290 g/mol. The number of aliphatic hydroxyl groups excluding tert-OH is 1. The van der Waals surface area contributed by atoms with Crippen molar-refractivity contribution in [3.63, 3.8) is 0 Å². The van der Waals surface area contributed by atoms with E-state index < -0.39 is 18.5 Å². The van der Waals surface area contributed by atoms with Gasteiger partial charge in [0.1, 0.15) is 12.2 Å². The quantitative estimate of drug-likeness (QED) is 0.619. The van der Waals surface area contributed by atoms with E-state index in [1.165, 1.54) is 0 Å². The van der Waals surface area contributed by atoms with Crippen LogP contribution in [-0.4, -0.2) is 43.4 Å². The summed E-state index contributed by atoms with van der Waals surface area (Å²) in [5.74, 6) is 0. The Morgan fingerprint density at radius 1 is 1.19 bits per heavy atom. The highest BCUT2D eigenvalue weighted by molar-refractivity contribution is 5.49. The summed E-state index contributed by atoms with van der Waals surface area (Å²) in [5, 5.41) is 9.93. The first-order chi connectivity index (χ1) is 10.3. The molecule has 0 radical (unpaired) electrons. The lowest BCUT2D eigenvalue weighted by Gasteiger charge is -2.27. The number of ether oxygens (including phenoxy) is 3. The zero-order valence-corrected chi connectivity index (χ0v) is 12.2. The molecule has 21 heavy (non-hydrogen) atoms. The van der Waals surface area contributed by atoms with Gasteiger partial charge in [-0.05, 0) is 18.6 Å². The van der Waals surface area contributed by atoms with Gasteiger partial charge in [-0.3, -0.25) is 0 Å². The number of hydrogen-bond acceptors (Lipinski definition) is 4. The maximum Gasteiger partial charge on any atom is 0.177 e. The average molecular weight is 290 g/mol. The largest absolute Gasteiger partial charge is 0.386 e. The Hall–Kier alpha value is -1.46. The Balaban J connectivity index is 1.85. The summed E-state index contributed by atoms with van der Waals surface area (Å²) in [6.45, 7) is 3.62. The van der Waals surface area contributed by atoms with Crippen LogP contribution in [0.1, 0.15) is 12.5 Å². The van der Waals surface area contributed by atoms with Gasteiger partial charge in [0.05, 0.1) is 13.2 Å². The van der Waals surface area contributed by atoms with Gasteiger partial charge in [-0.15, -0.1) is 0 Å². The summed E-state index contributed by atoms with van der Waals surface area (Å²) in [6.07, 6.45) is 5.70. The van der Waals surface area contributed by atoms with Crippen LogP contribution in [0.2, 0.25) is 0 Å². The van der Waals surface area contributed by atoms with Crippen molar-refractivity contribution in [1.29, 1.82) is 0 Å². The molecule has 4 nitrogen and oxygen atoms in total. The smallest absolute Gasteiger partial charge is 0.177 e. The fourth-order valence-corrected chi connectivity index (χ4v) is 1.99. The predicted molar refractivity (Wildman–Crippen MR) is 81.7 cm³/mol. The van der Waals surface area contributed by atoms with E-state index in [0.29, 0.717) is 19.8 Å². The van der Waals surface area contributed by atoms with Gasteiger partial charge in [-0.2, -0.15) is 0 Å². The van der Waals surface area contributed by atoms with Crippen LogP contribution < -0.4 is 0 Å². The fourth-order valence-electron chi connectivity index (χ4n) is 1.99. The molecule has 1 aliphatic heterocycles. The summed E-state index contributed by atoms with van der Waals surface area (Å²) >= 11 is 0. The normalized spacial score (nSPS) is 25.5. The van der Waals surface area contributed by atoms with Crippen LogP contribution in [0.25, 0.3) is 6.08 Å². The Kier molecular flexibility index (Phi) is 6.63. The molecule has 0 bridgehead atoms. The van der Waals surface area contributed by atoms with Crippen molar-refractivity contribution in [3.8, 4) is 0 Å². The summed E-state index contributed by atoms with van der Waals surface area (Å²) in [6, 6.07) is 9.90. The molecule has 2 rings (SSSR count). The molecular formula is C17H22O4. The molecule has 3 atom stereocenters. The molecule has 1 aliphatic rings. The number of aliphatic hydroxyl groups is 1. The molecule has 114 valence electrons. The topological polar surface area (TPSA) is 47.9 Å². The minimum absolute atomic E-state index is 0.410. The van der Waals surface area contributed by atoms with E-state index in [4.69, 9.17) is 14.2 Å². The van der Waals surface area contributed by atoms with Gasteiger partial charge in [-0.25, -0.2) is 0 Å². The summed E-state index contributed by atoms with van der Waals surface area (Å²) in [4.78, 5) is 0. The first kappa shape index (κ1) is 15.9. The highest BCUT2D eigenvalue weighted by atomic mass is 16.7. The van der Waals surface area contributed by atoms with Crippen LogP contribution in [-0.2, 0) is 14.2 Å². The van der Waals surface area contributed by atoms with Crippen LogP contribution in [0.5, 0.6) is 0 Å². The molecule has 1 N–H and O–H groups in total. The molecule has 0 aliphatic carbocycles. The van der Waals surface area contributed by atoms with Crippen LogP contribution >= 0.6 is 0 Å². The summed E-state index contributed by atoms with van der Waals surface area (Å²) in [5.41, 5.74) is 1.07. The van der Waals surface area contributed by atoms with Gasteiger partial charge >= 0.3 is 0 Å². The van der Waals surface area contributed by atoms with Gasteiger partial charge in [-0.1, -0.05) is 48.6 Å². The van der Waals surface area contributed by atoms with Crippen LogP contribution in [0, 0.1) is 0 Å². The summed E-state index contributed by atoms with van der Waals surface area (Å²) < 4.78 is 16.4. The minimum Gasteiger partial charge on any atom is -0.386 e. The van der Waals surface area contributed by atoms with Crippen LogP contribution in [0.3, 0.4) is 0 Å². The third-order valence-electron chi connectivity index (χ3n) is 3.09. The molecule has 0 aromatic heterocycles. The third kappa shape index (κ3) is 5.44. The lowest BCUT2D eigenvalue weighted by molar-refractivity contribution is -0.162. The second-order valence-electron chi connectivity index (χ2n) is 4.68. The molecular weight excluding hydrogens is 268 g/mol. The van der Waals surface area contributed by atoms with Crippen LogP contribution in [0.4, 0.5) is 0 Å². The maximum atomic E-state index is 9.93. The van der Waals surface area contributed by atoms with Crippen LogP contribution in [0.15, 0.2) is 48.6 Å². The predicted octanol–water partition coefficient (Wildman–Crippen LogP) is 2.39. The van der Waals surface area contributed by atoms with E-state index in [9.17, 15) is 5.11 Å². The Morgan fingerprint density at radius 3 is 2.76 bits per heavy atom. The molecule has 1 aromatic rings. The first-order valence-corrected chi connectivity index (χ1v) is 7.24. The second kappa shape index (κ2) is 8.74. The first-order valence-electron chi connectivity index (χ1n) is 7.24. The Bertz CT molecular complexity index is 455. The van der Waals surface area contributed by atoms with Crippen molar-refractivity contribution in [2.45, 2.75) is 25.4 Å². The lowest BCUT2D eigenvalue weighted by atomic mass is 10.1. The SMILES string of the molecule is CCOCCOC1C=C[C@@H](O)[C@H](/C=C/c2ccccc2)O1. The molecule has 4 heteroatoms. The minimum atomic E-state index is -0.656. The van der Waals surface area contributed by atoms with Gasteiger partial charge in [0.15, 0.2) is 6.29 Å². The molecule has 1 aromatic carbocycles. The molecule has 0 saturated heterocycles. The van der Waals surface area contributed by atoms with Crippen molar-refractivity contribution in [2.75, 3.05) is 19.8 Å². The lowest BCUT2D eigenvalue weighted by Crippen LogP contribution is -2.35. The van der Waals surface area contributed by atoms with E-state index in [1.54, 1.807) is 12.2 Å². The highest BCUT2D eigenvalue weighted by Crippen LogP contribution is 2.16. The van der Waals surface area contributed by atoms with E-state index in [2.05, 4.69) is 0 Å². The van der Waals surface area contributed by atoms with Crippen molar-refractivity contribution in [1.82, 2.24) is 0 Å². The Labute approximate surface area is 125 Å². The van der Waals surface area contributed by atoms with Gasteiger partial charge in [0.25, 0.3) is 0 Å². The molecule has 0 saturated carbocycles. The molecule has 0 amide bonds. The molecule has 1 unspecified atom stereocenters. The Morgan fingerprint density at radius 2 is 2.00 bits per heavy atom. The zero-order valence-electron chi connectivity index (χ0n) is 12.2. The van der Waals surface area contributed by atoms with Gasteiger partial charge < -0.3 is 19.3 Å². The second-order valence-corrected chi connectivity index (χ2v) is 4.68. The maximum absolute atomic E-state index is 9.93. The number of rotatable bonds is 7. The molecule has 0 fully saturated rings. The summed E-state index contributed by atoms with van der Waals surface area (Å²) in [7, 11) is 0.